The van der Waals surface area contributed by atoms with E-state index in [-0.39, 0.29) is 10.8 Å². The molecule has 1 atom stereocenters. The summed E-state index contributed by atoms with van der Waals surface area (Å²) in [5.41, 5.74) is 0.298. The molecule has 9 heteroatoms. The fourth-order valence-electron chi connectivity index (χ4n) is 1.71. The minimum Gasteiger partial charge on any atom is -0.449 e. The summed E-state index contributed by atoms with van der Waals surface area (Å²) in [6.45, 7) is 1.45. The van der Waals surface area contributed by atoms with E-state index in [0.717, 1.165) is 0 Å². The fourth-order valence-corrected chi connectivity index (χ4v) is 2.68. The molecule has 126 valence electrons. The third kappa shape index (κ3) is 4.59. The van der Waals surface area contributed by atoms with Crippen molar-refractivity contribution in [1.29, 1.82) is 0 Å². The highest BCUT2D eigenvalue weighted by atomic mass is 35.5. The van der Waals surface area contributed by atoms with Gasteiger partial charge < -0.3 is 10.1 Å². The van der Waals surface area contributed by atoms with Crippen LogP contribution in [0.4, 0.5) is 5.82 Å². The first-order valence-electron chi connectivity index (χ1n) is 6.74. The number of carbonyl (C=O) groups is 2. The molecule has 1 unspecified atom stereocenters. The Balaban J connectivity index is 2.04. The van der Waals surface area contributed by atoms with E-state index in [1.165, 1.54) is 30.9 Å². The molecule has 24 heavy (non-hydrogen) atoms. The molecular weight excluding hydrogens is 373 g/mol. The van der Waals surface area contributed by atoms with Gasteiger partial charge in [-0.1, -0.05) is 23.2 Å². The second-order valence-corrected chi connectivity index (χ2v) is 6.22. The van der Waals surface area contributed by atoms with Gasteiger partial charge in [0.15, 0.2) is 11.9 Å². The van der Waals surface area contributed by atoms with E-state index < -0.39 is 18.0 Å². The Hall–Kier alpha value is -1.83. The molecule has 2 rings (SSSR count). The van der Waals surface area contributed by atoms with Crippen molar-refractivity contribution in [2.24, 2.45) is 0 Å². The highest BCUT2D eigenvalue weighted by Crippen LogP contribution is 2.23. The van der Waals surface area contributed by atoms with E-state index in [9.17, 15) is 9.59 Å². The SMILES string of the molecule is CSc1ncccc1C(=O)OC(C)C(=O)Nc1ncc(Cl)cc1Cl. The summed E-state index contributed by atoms with van der Waals surface area (Å²) in [5.74, 6) is -1.06. The molecule has 0 spiro atoms. The Kier molecular flexibility index (Phi) is 6.42. The summed E-state index contributed by atoms with van der Waals surface area (Å²) in [6, 6.07) is 4.66. The Bertz CT molecular complexity index is 773. The molecule has 2 aromatic heterocycles. The van der Waals surface area contributed by atoms with Crippen LogP contribution >= 0.6 is 35.0 Å². The third-order valence-electron chi connectivity index (χ3n) is 2.89. The quantitative estimate of drug-likeness (QED) is 0.624. The van der Waals surface area contributed by atoms with Crippen LogP contribution in [0.25, 0.3) is 0 Å². The lowest BCUT2D eigenvalue weighted by atomic mass is 10.3. The lowest BCUT2D eigenvalue weighted by molar-refractivity contribution is -0.123. The largest absolute Gasteiger partial charge is 0.449 e. The van der Waals surface area contributed by atoms with Gasteiger partial charge in [-0.15, -0.1) is 11.8 Å². The highest BCUT2D eigenvalue weighted by Gasteiger charge is 2.22. The zero-order chi connectivity index (χ0) is 17.7. The predicted molar refractivity (Wildman–Crippen MR) is 93.8 cm³/mol. The number of esters is 1. The van der Waals surface area contributed by atoms with Crippen LogP contribution in [-0.2, 0) is 9.53 Å². The van der Waals surface area contributed by atoms with Crippen molar-refractivity contribution in [2.75, 3.05) is 11.6 Å². The number of nitrogens with one attached hydrogen (secondary N) is 1. The number of thioether (sulfide) groups is 1. The average molecular weight is 386 g/mol. The van der Waals surface area contributed by atoms with Crippen LogP contribution in [0.2, 0.25) is 10.0 Å². The van der Waals surface area contributed by atoms with E-state index in [1.54, 1.807) is 24.6 Å². The summed E-state index contributed by atoms with van der Waals surface area (Å²) >= 11 is 13.0. The van der Waals surface area contributed by atoms with Gasteiger partial charge >= 0.3 is 5.97 Å². The topological polar surface area (TPSA) is 81.2 Å². The van der Waals surface area contributed by atoms with Crippen LogP contribution in [0.1, 0.15) is 17.3 Å². The van der Waals surface area contributed by atoms with Crippen molar-refractivity contribution in [3.63, 3.8) is 0 Å². The molecule has 1 N–H and O–H groups in total. The van der Waals surface area contributed by atoms with E-state index in [4.69, 9.17) is 27.9 Å². The molecule has 0 saturated carbocycles. The number of anilines is 1. The summed E-state index contributed by atoms with van der Waals surface area (Å²) in [5, 5.41) is 3.54. The Morgan fingerprint density at radius 2 is 2.08 bits per heavy atom. The first-order chi connectivity index (χ1) is 11.4. The number of carbonyl (C=O) groups excluding carboxylic acids is 2. The van der Waals surface area contributed by atoms with E-state index >= 15 is 0 Å². The van der Waals surface area contributed by atoms with Crippen molar-refractivity contribution >= 4 is 52.7 Å². The lowest BCUT2D eigenvalue weighted by Gasteiger charge is -2.14. The smallest absolute Gasteiger partial charge is 0.341 e. The van der Waals surface area contributed by atoms with E-state index in [1.807, 2.05) is 0 Å². The zero-order valence-electron chi connectivity index (χ0n) is 12.7. The van der Waals surface area contributed by atoms with Gasteiger partial charge in [0.25, 0.3) is 5.91 Å². The molecule has 2 aromatic rings. The summed E-state index contributed by atoms with van der Waals surface area (Å²) in [6.07, 6.45) is 3.68. The lowest BCUT2D eigenvalue weighted by Crippen LogP contribution is -2.30. The normalized spacial score (nSPS) is 11.7. The maximum absolute atomic E-state index is 12.2. The maximum atomic E-state index is 12.2. The molecule has 1 amide bonds. The highest BCUT2D eigenvalue weighted by molar-refractivity contribution is 7.98. The summed E-state index contributed by atoms with van der Waals surface area (Å²) in [7, 11) is 0. The number of ether oxygens (including phenoxy) is 1. The molecule has 0 fully saturated rings. The Morgan fingerprint density at radius 3 is 2.75 bits per heavy atom. The van der Waals surface area contributed by atoms with Crippen LogP contribution in [0.5, 0.6) is 0 Å². The number of nitrogens with zero attached hydrogens (tertiary/aromatic N) is 2. The van der Waals surface area contributed by atoms with Crippen LogP contribution in [-0.4, -0.2) is 34.2 Å². The van der Waals surface area contributed by atoms with Crippen LogP contribution in [0, 0.1) is 0 Å². The number of hydrogen-bond acceptors (Lipinski definition) is 6. The number of pyridine rings is 2. The van der Waals surface area contributed by atoms with Crippen molar-refractivity contribution in [1.82, 2.24) is 9.97 Å². The molecule has 2 heterocycles. The van der Waals surface area contributed by atoms with Gasteiger partial charge in [0, 0.05) is 12.4 Å². The molecule has 6 nitrogen and oxygen atoms in total. The van der Waals surface area contributed by atoms with Gasteiger partial charge in [0.2, 0.25) is 0 Å². The Morgan fingerprint density at radius 1 is 1.33 bits per heavy atom. The first kappa shape index (κ1) is 18.5. The molecule has 0 aromatic carbocycles. The van der Waals surface area contributed by atoms with Crippen molar-refractivity contribution < 1.29 is 14.3 Å². The average Bonchev–Trinajstić information content (AvgIpc) is 2.57. The Labute approximate surface area is 152 Å². The van der Waals surface area contributed by atoms with Gasteiger partial charge in [0.05, 0.1) is 15.6 Å². The monoisotopic (exact) mass is 385 g/mol. The van der Waals surface area contributed by atoms with Crippen LogP contribution in [0.3, 0.4) is 0 Å². The van der Waals surface area contributed by atoms with Crippen molar-refractivity contribution in [3.8, 4) is 0 Å². The second kappa shape index (κ2) is 8.32. The molecule has 0 bridgehead atoms. The summed E-state index contributed by atoms with van der Waals surface area (Å²) in [4.78, 5) is 32.3. The van der Waals surface area contributed by atoms with E-state index in [0.29, 0.717) is 15.6 Å². The van der Waals surface area contributed by atoms with Gasteiger partial charge in [-0.25, -0.2) is 14.8 Å². The molecule has 0 aliphatic heterocycles. The molecular formula is C15H13Cl2N3O3S. The second-order valence-electron chi connectivity index (χ2n) is 4.58. The molecule has 0 saturated heterocycles. The number of halogens is 2. The fraction of sp³-hybridized carbons (Fsp3) is 0.200. The van der Waals surface area contributed by atoms with Crippen molar-refractivity contribution in [3.05, 3.63) is 46.2 Å². The van der Waals surface area contributed by atoms with Crippen LogP contribution in [0.15, 0.2) is 35.6 Å². The molecule has 0 radical (unpaired) electrons. The van der Waals surface area contributed by atoms with E-state index in [2.05, 4.69) is 15.3 Å². The number of rotatable bonds is 5. The van der Waals surface area contributed by atoms with Crippen molar-refractivity contribution in [2.45, 2.75) is 18.1 Å². The zero-order valence-corrected chi connectivity index (χ0v) is 15.1. The van der Waals surface area contributed by atoms with Gasteiger partial charge in [0.1, 0.15) is 5.03 Å². The standard InChI is InChI=1S/C15H13Cl2N3O3S/c1-8(13(21)20-12-11(17)6-9(16)7-19-12)23-15(22)10-4-3-5-18-14(10)24-2/h3-8H,1-2H3,(H,19,20,21). The first-order valence-corrected chi connectivity index (χ1v) is 8.72. The maximum Gasteiger partial charge on any atom is 0.341 e. The van der Waals surface area contributed by atoms with Gasteiger partial charge in [-0.3, -0.25) is 4.79 Å². The number of amides is 1. The third-order valence-corrected chi connectivity index (χ3v) is 4.09. The van der Waals surface area contributed by atoms with Gasteiger partial charge in [-0.2, -0.15) is 0 Å². The minimum atomic E-state index is -1.04. The van der Waals surface area contributed by atoms with Crippen LogP contribution < -0.4 is 5.32 Å². The molecule has 0 aliphatic carbocycles. The predicted octanol–water partition coefficient (Wildman–Crippen LogP) is 3.69. The molecule has 0 aliphatic rings. The summed E-state index contributed by atoms with van der Waals surface area (Å²) < 4.78 is 5.18. The van der Waals surface area contributed by atoms with Gasteiger partial charge in [-0.05, 0) is 31.4 Å². The number of aromatic nitrogens is 2. The minimum absolute atomic E-state index is 0.139. The number of hydrogen-bond donors (Lipinski definition) is 1.